The zero-order valence-electron chi connectivity index (χ0n) is 16.0. The van der Waals surface area contributed by atoms with E-state index in [-0.39, 0.29) is 5.78 Å². The number of ether oxygens (including phenoxy) is 4. The van der Waals surface area contributed by atoms with Gasteiger partial charge in [0.15, 0.2) is 6.61 Å². The molecule has 0 N–H and O–H groups in total. The smallest absolute Gasteiger partial charge is 0.338 e. The fraction of sp³-hybridized carbons (Fsp3) is 0.333. The maximum Gasteiger partial charge on any atom is 0.338 e. The third kappa shape index (κ3) is 5.74. The van der Waals surface area contributed by atoms with E-state index in [2.05, 4.69) is 0 Å². The maximum absolute atomic E-state index is 12.4. The first-order valence-electron chi connectivity index (χ1n) is 8.59. The largest absolute Gasteiger partial charge is 0.497 e. The van der Waals surface area contributed by atoms with Crippen molar-refractivity contribution in [1.82, 2.24) is 0 Å². The van der Waals surface area contributed by atoms with Crippen molar-refractivity contribution in [3.8, 4) is 17.2 Å². The van der Waals surface area contributed by atoms with Crippen molar-refractivity contribution < 1.29 is 28.5 Å². The highest BCUT2D eigenvalue weighted by Gasteiger charge is 2.17. The number of methoxy groups -OCH3 is 2. The monoisotopic (exact) mass is 372 g/mol. The summed E-state index contributed by atoms with van der Waals surface area (Å²) in [6.45, 7) is 4.22. The van der Waals surface area contributed by atoms with Crippen LogP contribution in [0, 0.1) is 5.92 Å². The van der Waals surface area contributed by atoms with Crippen LogP contribution < -0.4 is 14.2 Å². The number of esters is 1. The molecule has 0 aliphatic rings. The van der Waals surface area contributed by atoms with Gasteiger partial charge in [0.1, 0.15) is 17.2 Å². The molecule has 2 rings (SSSR count). The van der Waals surface area contributed by atoms with Crippen LogP contribution in [0.3, 0.4) is 0 Å². The molecule has 6 heteroatoms. The first-order chi connectivity index (χ1) is 12.9. The Hall–Kier alpha value is -3.02. The van der Waals surface area contributed by atoms with Crippen molar-refractivity contribution in [2.45, 2.75) is 13.8 Å². The number of benzene rings is 2. The standard InChI is InChI=1S/C21H24O6/c1-14(2)12-26-17-7-5-6-15(10-17)21(23)27-13-19(22)18-11-16(24-3)8-9-20(18)25-4/h5-11,14H,12-13H2,1-4H3. The molecule has 0 heterocycles. The van der Waals surface area contributed by atoms with Gasteiger partial charge < -0.3 is 18.9 Å². The Morgan fingerprint density at radius 1 is 0.963 bits per heavy atom. The normalized spacial score (nSPS) is 10.4. The minimum absolute atomic E-state index is 0.290. The highest BCUT2D eigenvalue weighted by Crippen LogP contribution is 2.24. The first-order valence-corrected chi connectivity index (χ1v) is 8.59. The average Bonchev–Trinajstić information content (AvgIpc) is 2.69. The molecule has 0 radical (unpaired) electrons. The fourth-order valence-electron chi connectivity index (χ4n) is 2.30. The number of ketones is 1. The highest BCUT2D eigenvalue weighted by molar-refractivity contribution is 6.01. The van der Waals surface area contributed by atoms with Gasteiger partial charge in [-0.2, -0.15) is 0 Å². The van der Waals surface area contributed by atoms with Gasteiger partial charge in [-0.15, -0.1) is 0 Å². The molecular formula is C21H24O6. The lowest BCUT2D eigenvalue weighted by Crippen LogP contribution is -2.15. The summed E-state index contributed by atoms with van der Waals surface area (Å²) >= 11 is 0. The number of rotatable bonds is 9. The molecule has 0 spiro atoms. The van der Waals surface area contributed by atoms with Crippen molar-refractivity contribution in [2.24, 2.45) is 5.92 Å². The van der Waals surface area contributed by atoms with Crippen LogP contribution in [0.15, 0.2) is 42.5 Å². The van der Waals surface area contributed by atoms with Crippen LogP contribution in [0.1, 0.15) is 34.6 Å². The van der Waals surface area contributed by atoms with E-state index in [0.29, 0.717) is 40.9 Å². The van der Waals surface area contributed by atoms with E-state index in [4.69, 9.17) is 18.9 Å². The fourth-order valence-corrected chi connectivity index (χ4v) is 2.30. The highest BCUT2D eigenvalue weighted by atomic mass is 16.5. The molecule has 6 nitrogen and oxygen atoms in total. The van der Waals surface area contributed by atoms with E-state index in [9.17, 15) is 9.59 Å². The van der Waals surface area contributed by atoms with Crippen LogP contribution in [0.25, 0.3) is 0 Å². The van der Waals surface area contributed by atoms with Gasteiger partial charge in [0.2, 0.25) is 5.78 Å². The summed E-state index contributed by atoms with van der Waals surface area (Å²) in [4.78, 5) is 24.7. The molecule has 0 fully saturated rings. The van der Waals surface area contributed by atoms with Gasteiger partial charge >= 0.3 is 5.97 Å². The van der Waals surface area contributed by atoms with E-state index in [1.807, 2.05) is 13.8 Å². The van der Waals surface area contributed by atoms with E-state index < -0.39 is 12.6 Å². The second-order valence-corrected chi connectivity index (χ2v) is 6.30. The van der Waals surface area contributed by atoms with Gasteiger partial charge in [-0.05, 0) is 42.3 Å². The van der Waals surface area contributed by atoms with Gasteiger partial charge in [0.25, 0.3) is 0 Å². The van der Waals surface area contributed by atoms with Crippen molar-refractivity contribution >= 4 is 11.8 Å². The van der Waals surface area contributed by atoms with Crippen LogP contribution in [-0.4, -0.2) is 39.2 Å². The van der Waals surface area contributed by atoms with Gasteiger partial charge in [-0.1, -0.05) is 19.9 Å². The Balaban J connectivity index is 2.03. The van der Waals surface area contributed by atoms with Crippen LogP contribution in [-0.2, 0) is 4.74 Å². The Bertz CT molecular complexity index is 797. The minimum Gasteiger partial charge on any atom is -0.497 e. The second kappa shape index (κ2) is 9.62. The van der Waals surface area contributed by atoms with Gasteiger partial charge in [-0.3, -0.25) is 4.79 Å². The second-order valence-electron chi connectivity index (χ2n) is 6.30. The molecule has 27 heavy (non-hydrogen) atoms. The number of hydrogen-bond donors (Lipinski definition) is 0. The lowest BCUT2D eigenvalue weighted by molar-refractivity contribution is 0.0473. The zero-order valence-corrected chi connectivity index (χ0v) is 16.0. The lowest BCUT2D eigenvalue weighted by atomic mass is 10.1. The summed E-state index contributed by atoms with van der Waals surface area (Å²) in [5.74, 6) is 0.878. The Labute approximate surface area is 159 Å². The molecule has 0 aliphatic carbocycles. The molecule has 144 valence electrons. The Morgan fingerprint density at radius 3 is 2.41 bits per heavy atom. The van der Waals surface area contributed by atoms with Crippen molar-refractivity contribution in [1.29, 1.82) is 0 Å². The van der Waals surface area contributed by atoms with E-state index in [0.717, 1.165) is 0 Å². The predicted molar refractivity (Wildman–Crippen MR) is 101 cm³/mol. The van der Waals surface area contributed by atoms with Gasteiger partial charge in [-0.25, -0.2) is 4.79 Å². The molecule has 0 aliphatic heterocycles. The summed E-state index contributed by atoms with van der Waals surface area (Å²) in [7, 11) is 2.97. The Morgan fingerprint density at radius 2 is 1.74 bits per heavy atom. The zero-order chi connectivity index (χ0) is 19.8. The molecule has 0 unspecified atom stereocenters. The van der Waals surface area contributed by atoms with Gasteiger partial charge in [0, 0.05) is 0 Å². The molecule has 0 bridgehead atoms. The van der Waals surface area contributed by atoms with Gasteiger partial charge in [0.05, 0.1) is 32.0 Å². The number of hydrogen-bond acceptors (Lipinski definition) is 6. The maximum atomic E-state index is 12.4. The number of carbonyl (C=O) groups is 2. The van der Waals surface area contributed by atoms with Crippen LogP contribution in [0.4, 0.5) is 0 Å². The summed E-state index contributed by atoms with van der Waals surface area (Å²) in [6, 6.07) is 11.6. The lowest BCUT2D eigenvalue weighted by Gasteiger charge is -2.11. The topological polar surface area (TPSA) is 71.1 Å². The third-order valence-corrected chi connectivity index (χ3v) is 3.69. The molecule has 0 atom stereocenters. The molecule has 0 saturated carbocycles. The molecule has 0 saturated heterocycles. The van der Waals surface area contributed by atoms with E-state index >= 15 is 0 Å². The number of Topliss-reactive ketones (excluding diaryl/α,β-unsaturated/α-hetero) is 1. The molecule has 0 aromatic heterocycles. The van der Waals surface area contributed by atoms with Crippen molar-refractivity contribution in [3.05, 3.63) is 53.6 Å². The summed E-state index contributed by atoms with van der Waals surface area (Å²) < 4.78 is 21.1. The summed E-state index contributed by atoms with van der Waals surface area (Å²) in [5.41, 5.74) is 0.611. The predicted octanol–water partition coefficient (Wildman–Crippen LogP) is 3.78. The Kier molecular flexibility index (Phi) is 7.23. The van der Waals surface area contributed by atoms with E-state index in [1.54, 1.807) is 42.5 Å². The molecule has 2 aromatic carbocycles. The average molecular weight is 372 g/mol. The third-order valence-electron chi connectivity index (χ3n) is 3.69. The molecule has 0 amide bonds. The number of carbonyl (C=O) groups excluding carboxylic acids is 2. The van der Waals surface area contributed by atoms with Crippen molar-refractivity contribution in [3.63, 3.8) is 0 Å². The summed E-state index contributed by atoms with van der Waals surface area (Å²) in [5, 5.41) is 0. The van der Waals surface area contributed by atoms with Crippen LogP contribution in [0.5, 0.6) is 17.2 Å². The molecule has 2 aromatic rings. The van der Waals surface area contributed by atoms with Crippen LogP contribution >= 0.6 is 0 Å². The molecular weight excluding hydrogens is 348 g/mol. The SMILES string of the molecule is COc1ccc(OC)c(C(=O)COC(=O)c2cccc(OCC(C)C)c2)c1. The summed E-state index contributed by atoms with van der Waals surface area (Å²) in [6.07, 6.45) is 0. The first kappa shape index (κ1) is 20.3. The quantitative estimate of drug-likeness (QED) is 0.493. The van der Waals surface area contributed by atoms with Crippen molar-refractivity contribution in [2.75, 3.05) is 27.4 Å². The van der Waals surface area contributed by atoms with Crippen LogP contribution in [0.2, 0.25) is 0 Å². The van der Waals surface area contributed by atoms with E-state index in [1.165, 1.54) is 14.2 Å². The minimum atomic E-state index is -0.597.